The number of carbonyl (C=O) groups is 2. The van der Waals surface area contributed by atoms with Crippen LogP contribution in [0.25, 0.3) is 0 Å². The number of hydrogen-bond donors (Lipinski definition) is 1. The van der Waals surface area contributed by atoms with Gasteiger partial charge in [-0.3, -0.25) is 14.6 Å². The van der Waals surface area contributed by atoms with Crippen molar-refractivity contribution in [3.8, 4) is 0 Å². The molecule has 0 saturated carbocycles. The number of aliphatic imine (C=N–C) groups is 1. The molecule has 1 heterocycles. The fraction of sp³-hybridized carbons (Fsp3) is 0.400. The van der Waals surface area contributed by atoms with Crippen molar-refractivity contribution in [1.82, 2.24) is 4.90 Å². The van der Waals surface area contributed by atoms with Crippen LogP contribution < -0.4 is 0 Å². The van der Waals surface area contributed by atoms with Gasteiger partial charge in [0.1, 0.15) is 12.6 Å². The van der Waals surface area contributed by atoms with Crippen LogP contribution in [-0.2, 0) is 9.59 Å². The first-order chi connectivity index (χ1) is 9.99. The molecular weight excluding hydrogens is 288 g/mol. The number of benzene rings is 1. The third-order valence-corrected chi connectivity index (χ3v) is 4.27. The summed E-state index contributed by atoms with van der Waals surface area (Å²) in [6.45, 7) is 3.34. The maximum atomic E-state index is 12.4. The lowest BCUT2D eigenvalue weighted by Crippen LogP contribution is -2.45. The fourth-order valence-corrected chi connectivity index (χ4v) is 3.13. The molecule has 1 aromatic rings. The monoisotopic (exact) mass is 306 g/mol. The van der Waals surface area contributed by atoms with E-state index in [4.69, 9.17) is 5.11 Å². The molecule has 0 aromatic heterocycles. The number of carboxylic acid groups (broad SMARTS) is 1. The number of rotatable bonds is 5. The summed E-state index contributed by atoms with van der Waals surface area (Å²) in [4.78, 5) is 29.2. The molecule has 0 fully saturated rings. The lowest BCUT2D eigenvalue weighted by atomic mass is 10.2. The molecule has 1 unspecified atom stereocenters. The molecule has 0 bridgehead atoms. The topological polar surface area (TPSA) is 70.0 Å². The van der Waals surface area contributed by atoms with Gasteiger partial charge in [-0.1, -0.05) is 30.3 Å². The highest BCUT2D eigenvalue weighted by atomic mass is 32.2. The Kier molecular flexibility index (Phi) is 5.01. The molecule has 5 nitrogen and oxygen atoms in total. The molecule has 0 aliphatic carbocycles. The SMILES string of the molecule is CC(C)N(CC(=O)O)C(=O)C1CSC(c2ccccc2)=N1. The zero-order valence-electron chi connectivity index (χ0n) is 12.0. The summed E-state index contributed by atoms with van der Waals surface area (Å²) in [7, 11) is 0. The van der Waals surface area contributed by atoms with Gasteiger partial charge in [0.25, 0.3) is 0 Å². The Morgan fingerprint density at radius 3 is 2.62 bits per heavy atom. The smallest absolute Gasteiger partial charge is 0.323 e. The Morgan fingerprint density at radius 1 is 1.38 bits per heavy atom. The van der Waals surface area contributed by atoms with E-state index < -0.39 is 12.0 Å². The van der Waals surface area contributed by atoms with E-state index >= 15 is 0 Å². The molecule has 1 aromatic carbocycles. The normalized spacial score (nSPS) is 17.7. The average molecular weight is 306 g/mol. The van der Waals surface area contributed by atoms with E-state index in [1.54, 1.807) is 0 Å². The molecule has 1 atom stereocenters. The first-order valence-electron chi connectivity index (χ1n) is 6.77. The first-order valence-corrected chi connectivity index (χ1v) is 7.76. The predicted octanol–water partition coefficient (Wildman–Crippen LogP) is 1.87. The van der Waals surface area contributed by atoms with Crippen molar-refractivity contribution in [3.63, 3.8) is 0 Å². The van der Waals surface area contributed by atoms with Gasteiger partial charge in [0, 0.05) is 17.4 Å². The number of carbonyl (C=O) groups excluding carboxylic acids is 1. The van der Waals surface area contributed by atoms with E-state index in [0.717, 1.165) is 10.6 Å². The van der Waals surface area contributed by atoms with Crippen LogP contribution in [0.1, 0.15) is 19.4 Å². The van der Waals surface area contributed by atoms with Crippen LogP contribution in [0.5, 0.6) is 0 Å². The molecule has 21 heavy (non-hydrogen) atoms. The van der Waals surface area contributed by atoms with Crippen molar-refractivity contribution in [2.24, 2.45) is 4.99 Å². The maximum absolute atomic E-state index is 12.4. The molecule has 0 saturated heterocycles. The molecule has 1 N–H and O–H groups in total. The van der Waals surface area contributed by atoms with Crippen molar-refractivity contribution in [2.45, 2.75) is 25.9 Å². The predicted molar refractivity (Wildman–Crippen MR) is 83.7 cm³/mol. The lowest BCUT2D eigenvalue weighted by Gasteiger charge is -2.26. The van der Waals surface area contributed by atoms with Crippen LogP contribution >= 0.6 is 11.8 Å². The third-order valence-electron chi connectivity index (χ3n) is 3.17. The average Bonchev–Trinajstić information content (AvgIpc) is 2.94. The third kappa shape index (κ3) is 3.85. The highest BCUT2D eigenvalue weighted by Gasteiger charge is 2.31. The van der Waals surface area contributed by atoms with Crippen LogP contribution in [0.15, 0.2) is 35.3 Å². The van der Waals surface area contributed by atoms with Gasteiger partial charge in [0.2, 0.25) is 5.91 Å². The van der Waals surface area contributed by atoms with E-state index in [9.17, 15) is 9.59 Å². The standard InChI is InChI=1S/C15H18N2O3S/c1-10(2)17(8-13(18)19)15(20)12-9-21-14(16-12)11-6-4-3-5-7-11/h3-7,10,12H,8-9H2,1-2H3,(H,18,19). The lowest BCUT2D eigenvalue weighted by molar-refractivity contribution is -0.146. The summed E-state index contributed by atoms with van der Waals surface area (Å²) >= 11 is 1.53. The minimum Gasteiger partial charge on any atom is -0.480 e. The molecule has 0 radical (unpaired) electrons. The van der Waals surface area contributed by atoms with Gasteiger partial charge in [0.05, 0.1) is 5.04 Å². The minimum atomic E-state index is -1.00. The number of amides is 1. The Balaban J connectivity index is 2.13. The molecular formula is C15H18N2O3S. The Hall–Kier alpha value is -1.82. The van der Waals surface area contributed by atoms with Crippen LogP contribution in [0.4, 0.5) is 0 Å². The highest BCUT2D eigenvalue weighted by molar-refractivity contribution is 8.14. The van der Waals surface area contributed by atoms with Gasteiger partial charge >= 0.3 is 5.97 Å². The molecule has 112 valence electrons. The number of hydrogen-bond acceptors (Lipinski definition) is 4. The van der Waals surface area contributed by atoms with Gasteiger partial charge < -0.3 is 10.0 Å². The van der Waals surface area contributed by atoms with Crippen molar-refractivity contribution >= 4 is 28.7 Å². The highest BCUT2D eigenvalue weighted by Crippen LogP contribution is 2.24. The molecule has 1 aliphatic rings. The summed E-state index contributed by atoms with van der Waals surface area (Å²) in [6.07, 6.45) is 0. The van der Waals surface area contributed by atoms with Crippen LogP contribution in [0.2, 0.25) is 0 Å². The summed E-state index contributed by atoms with van der Waals surface area (Å²) in [5, 5.41) is 9.76. The van der Waals surface area contributed by atoms with Crippen molar-refractivity contribution in [3.05, 3.63) is 35.9 Å². The van der Waals surface area contributed by atoms with Gasteiger partial charge in [-0.25, -0.2) is 0 Å². The second-order valence-corrected chi connectivity index (χ2v) is 6.09. The van der Waals surface area contributed by atoms with E-state index in [-0.39, 0.29) is 18.5 Å². The molecule has 1 aliphatic heterocycles. The largest absolute Gasteiger partial charge is 0.480 e. The molecule has 2 rings (SSSR count). The summed E-state index contributed by atoms with van der Waals surface area (Å²) in [5.41, 5.74) is 0.993. The van der Waals surface area contributed by atoms with E-state index in [2.05, 4.69) is 4.99 Å². The summed E-state index contributed by atoms with van der Waals surface area (Å²) in [6, 6.07) is 9.05. The zero-order valence-corrected chi connectivity index (χ0v) is 12.8. The number of thioether (sulfide) groups is 1. The van der Waals surface area contributed by atoms with Crippen LogP contribution in [0.3, 0.4) is 0 Å². The molecule has 0 spiro atoms. The van der Waals surface area contributed by atoms with E-state index in [0.29, 0.717) is 5.75 Å². The van der Waals surface area contributed by atoms with E-state index in [1.807, 2.05) is 44.2 Å². The quantitative estimate of drug-likeness (QED) is 0.901. The number of aliphatic carboxylic acids is 1. The number of nitrogens with zero attached hydrogens (tertiary/aromatic N) is 2. The van der Waals surface area contributed by atoms with Gasteiger partial charge in [-0.15, -0.1) is 11.8 Å². The zero-order chi connectivity index (χ0) is 15.4. The fourth-order valence-electron chi connectivity index (χ4n) is 2.09. The second-order valence-electron chi connectivity index (χ2n) is 5.08. The molecule has 6 heteroatoms. The Bertz CT molecular complexity index is 557. The Morgan fingerprint density at radius 2 is 2.05 bits per heavy atom. The Labute approximate surface area is 128 Å². The molecule has 1 amide bonds. The van der Waals surface area contributed by atoms with Gasteiger partial charge in [-0.05, 0) is 13.8 Å². The van der Waals surface area contributed by atoms with Crippen molar-refractivity contribution in [2.75, 3.05) is 12.3 Å². The van der Waals surface area contributed by atoms with E-state index in [1.165, 1.54) is 16.7 Å². The summed E-state index contributed by atoms with van der Waals surface area (Å²) in [5.74, 6) is -0.660. The number of carboxylic acids is 1. The van der Waals surface area contributed by atoms with Crippen molar-refractivity contribution < 1.29 is 14.7 Å². The van der Waals surface area contributed by atoms with Gasteiger partial charge in [0.15, 0.2) is 0 Å². The summed E-state index contributed by atoms with van der Waals surface area (Å²) < 4.78 is 0. The minimum absolute atomic E-state index is 0.158. The first kappa shape index (κ1) is 15.6. The van der Waals surface area contributed by atoms with Crippen LogP contribution in [-0.4, -0.2) is 51.3 Å². The van der Waals surface area contributed by atoms with Crippen LogP contribution in [0, 0.1) is 0 Å². The maximum Gasteiger partial charge on any atom is 0.323 e. The van der Waals surface area contributed by atoms with Crippen molar-refractivity contribution in [1.29, 1.82) is 0 Å². The second kappa shape index (κ2) is 6.76. The van der Waals surface area contributed by atoms with Gasteiger partial charge in [-0.2, -0.15) is 0 Å².